The molecule has 0 aromatic heterocycles. The normalized spacial score (nSPS) is 42.0. The van der Waals surface area contributed by atoms with Crippen LogP contribution >= 0.6 is 0 Å². The highest BCUT2D eigenvalue weighted by atomic mass is 19.1. The first kappa shape index (κ1) is 8.45. The number of rotatable bonds is 2. The van der Waals surface area contributed by atoms with Crippen LogP contribution in [-0.2, 0) is 0 Å². The van der Waals surface area contributed by atoms with Gasteiger partial charge in [0.05, 0.1) is 6.10 Å². The molecule has 3 atom stereocenters. The van der Waals surface area contributed by atoms with E-state index in [0.717, 1.165) is 25.9 Å². The second-order valence-corrected chi connectivity index (χ2v) is 4.02. The van der Waals surface area contributed by atoms with Gasteiger partial charge >= 0.3 is 0 Å². The number of halogens is 1. The Bertz CT molecular complexity index is 165. The quantitative estimate of drug-likeness (QED) is 0.663. The largest absolute Gasteiger partial charge is 0.393 e. The van der Waals surface area contributed by atoms with Crippen LogP contribution in [0, 0.1) is 11.8 Å². The molecular formula is C9H16FNO. The van der Waals surface area contributed by atoms with E-state index in [4.69, 9.17) is 0 Å². The summed E-state index contributed by atoms with van der Waals surface area (Å²) in [6.45, 7) is 2.22. The maximum Gasteiger partial charge on any atom is 0.102 e. The van der Waals surface area contributed by atoms with Crippen LogP contribution < -0.4 is 0 Å². The smallest absolute Gasteiger partial charge is 0.102 e. The summed E-state index contributed by atoms with van der Waals surface area (Å²) in [5.41, 5.74) is 0. The highest BCUT2D eigenvalue weighted by Gasteiger charge is 2.41. The second-order valence-electron chi connectivity index (χ2n) is 4.02. The zero-order valence-electron chi connectivity index (χ0n) is 7.25. The average Bonchev–Trinajstić information content (AvgIpc) is 2.55. The molecular weight excluding hydrogens is 157 g/mol. The van der Waals surface area contributed by atoms with Gasteiger partial charge in [-0.25, -0.2) is 4.39 Å². The van der Waals surface area contributed by atoms with Crippen molar-refractivity contribution in [2.45, 2.75) is 18.9 Å². The van der Waals surface area contributed by atoms with Gasteiger partial charge in [0.1, 0.15) is 6.67 Å². The summed E-state index contributed by atoms with van der Waals surface area (Å²) in [4.78, 5) is 2.14. The predicted octanol–water partition coefficient (Wildman–Crippen LogP) is 0.659. The topological polar surface area (TPSA) is 23.5 Å². The summed E-state index contributed by atoms with van der Waals surface area (Å²) in [5.74, 6) is 1.09. The van der Waals surface area contributed by atoms with Crippen molar-refractivity contribution >= 4 is 0 Å². The fourth-order valence-electron chi connectivity index (χ4n) is 2.63. The van der Waals surface area contributed by atoms with Crippen molar-refractivity contribution in [3.8, 4) is 0 Å². The van der Waals surface area contributed by atoms with Crippen molar-refractivity contribution in [3.05, 3.63) is 0 Å². The number of likely N-dealkylation sites (tertiary alicyclic amines) is 1. The van der Waals surface area contributed by atoms with E-state index in [1.54, 1.807) is 0 Å². The molecule has 70 valence electrons. The van der Waals surface area contributed by atoms with Gasteiger partial charge in [-0.05, 0) is 18.8 Å². The minimum atomic E-state index is -0.254. The lowest BCUT2D eigenvalue weighted by molar-refractivity contribution is 0.123. The fourth-order valence-corrected chi connectivity index (χ4v) is 2.63. The molecule has 0 aromatic carbocycles. The maximum absolute atomic E-state index is 12.0. The molecule has 2 rings (SSSR count). The van der Waals surface area contributed by atoms with Gasteiger partial charge in [-0.15, -0.1) is 0 Å². The molecule has 2 fully saturated rings. The highest BCUT2D eigenvalue weighted by molar-refractivity contribution is 4.93. The van der Waals surface area contributed by atoms with Crippen molar-refractivity contribution in [1.29, 1.82) is 0 Å². The SMILES string of the molecule is OC1CCC2CN(CCF)CC12. The monoisotopic (exact) mass is 173 g/mol. The second kappa shape index (κ2) is 3.30. The average molecular weight is 173 g/mol. The Labute approximate surface area is 72.4 Å². The Kier molecular flexibility index (Phi) is 2.33. The summed E-state index contributed by atoms with van der Waals surface area (Å²) in [7, 11) is 0. The number of alkyl halides is 1. The van der Waals surface area contributed by atoms with E-state index in [0.29, 0.717) is 18.4 Å². The van der Waals surface area contributed by atoms with Crippen LogP contribution in [0.2, 0.25) is 0 Å². The van der Waals surface area contributed by atoms with E-state index in [1.165, 1.54) is 0 Å². The van der Waals surface area contributed by atoms with Gasteiger partial charge in [0.2, 0.25) is 0 Å². The number of aliphatic hydroxyl groups is 1. The summed E-state index contributed by atoms with van der Waals surface area (Å²) < 4.78 is 12.0. The van der Waals surface area contributed by atoms with Crippen molar-refractivity contribution in [1.82, 2.24) is 4.90 Å². The third kappa shape index (κ3) is 1.36. The van der Waals surface area contributed by atoms with Crippen molar-refractivity contribution in [2.75, 3.05) is 26.3 Å². The number of nitrogens with zero attached hydrogens (tertiary/aromatic N) is 1. The van der Waals surface area contributed by atoms with E-state index in [9.17, 15) is 9.50 Å². The van der Waals surface area contributed by atoms with E-state index >= 15 is 0 Å². The summed E-state index contributed by atoms with van der Waals surface area (Å²) in [6.07, 6.45) is 1.98. The third-order valence-corrected chi connectivity index (χ3v) is 3.30. The van der Waals surface area contributed by atoms with Crippen LogP contribution in [0.4, 0.5) is 4.39 Å². The van der Waals surface area contributed by atoms with E-state index in [-0.39, 0.29) is 12.8 Å². The van der Waals surface area contributed by atoms with Crippen LogP contribution in [0.1, 0.15) is 12.8 Å². The van der Waals surface area contributed by atoms with Crippen LogP contribution in [0.15, 0.2) is 0 Å². The van der Waals surface area contributed by atoms with Crippen molar-refractivity contribution in [2.24, 2.45) is 11.8 Å². The zero-order valence-corrected chi connectivity index (χ0v) is 7.25. The summed E-state index contributed by atoms with van der Waals surface area (Å²) in [5, 5.41) is 9.56. The molecule has 0 amide bonds. The summed E-state index contributed by atoms with van der Waals surface area (Å²) >= 11 is 0. The van der Waals surface area contributed by atoms with Crippen molar-refractivity contribution in [3.63, 3.8) is 0 Å². The summed E-state index contributed by atoms with van der Waals surface area (Å²) in [6, 6.07) is 0. The number of fused-ring (bicyclic) bond motifs is 1. The molecule has 1 aliphatic carbocycles. The molecule has 1 saturated heterocycles. The molecule has 2 aliphatic rings. The molecule has 0 spiro atoms. The standard InChI is InChI=1S/C9H16FNO/c10-3-4-11-5-7-1-2-9(12)8(7)6-11/h7-9,12H,1-6H2. The predicted molar refractivity (Wildman–Crippen MR) is 44.6 cm³/mol. The lowest BCUT2D eigenvalue weighted by Gasteiger charge is -2.15. The minimum absolute atomic E-state index is 0.111. The van der Waals surface area contributed by atoms with Gasteiger partial charge in [0.25, 0.3) is 0 Å². The molecule has 0 aromatic rings. The molecule has 12 heavy (non-hydrogen) atoms. The van der Waals surface area contributed by atoms with E-state index in [1.807, 2.05) is 0 Å². The zero-order chi connectivity index (χ0) is 8.55. The van der Waals surface area contributed by atoms with Gasteiger partial charge in [0.15, 0.2) is 0 Å². The molecule has 1 N–H and O–H groups in total. The van der Waals surface area contributed by atoms with Crippen molar-refractivity contribution < 1.29 is 9.50 Å². The van der Waals surface area contributed by atoms with Crippen LogP contribution in [-0.4, -0.2) is 42.4 Å². The molecule has 0 radical (unpaired) electrons. The van der Waals surface area contributed by atoms with E-state index < -0.39 is 0 Å². The molecule has 2 nitrogen and oxygen atoms in total. The van der Waals surface area contributed by atoms with Crippen LogP contribution in [0.5, 0.6) is 0 Å². The van der Waals surface area contributed by atoms with E-state index in [2.05, 4.69) is 4.90 Å². The Morgan fingerprint density at radius 3 is 2.83 bits per heavy atom. The first-order valence-corrected chi connectivity index (χ1v) is 4.77. The first-order valence-electron chi connectivity index (χ1n) is 4.77. The van der Waals surface area contributed by atoms with Crippen LogP contribution in [0.25, 0.3) is 0 Å². The Morgan fingerprint density at radius 2 is 2.17 bits per heavy atom. The Balaban J connectivity index is 1.90. The van der Waals surface area contributed by atoms with Gasteiger partial charge in [0, 0.05) is 25.6 Å². The van der Waals surface area contributed by atoms with Gasteiger partial charge in [-0.3, -0.25) is 0 Å². The minimum Gasteiger partial charge on any atom is -0.393 e. The number of aliphatic hydroxyl groups excluding tert-OH is 1. The molecule has 1 heterocycles. The lowest BCUT2D eigenvalue weighted by atomic mass is 10.00. The molecule has 0 bridgehead atoms. The molecule has 1 aliphatic heterocycles. The highest BCUT2D eigenvalue weighted by Crippen LogP contribution is 2.37. The first-order chi connectivity index (χ1) is 5.81. The maximum atomic E-state index is 12.0. The molecule has 3 heteroatoms. The molecule has 1 saturated carbocycles. The fraction of sp³-hybridized carbons (Fsp3) is 1.00. The number of hydrogen-bond donors (Lipinski definition) is 1. The third-order valence-electron chi connectivity index (χ3n) is 3.30. The Morgan fingerprint density at radius 1 is 1.33 bits per heavy atom. The molecule has 3 unspecified atom stereocenters. The number of hydrogen-bond acceptors (Lipinski definition) is 2. The van der Waals surface area contributed by atoms with Gasteiger partial charge in [-0.1, -0.05) is 0 Å². The van der Waals surface area contributed by atoms with Gasteiger partial charge in [-0.2, -0.15) is 0 Å². The Hall–Kier alpha value is -0.150. The van der Waals surface area contributed by atoms with Gasteiger partial charge < -0.3 is 10.0 Å². The van der Waals surface area contributed by atoms with Crippen LogP contribution in [0.3, 0.4) is 0 Å². The lowest BCUT2D eigenvalue weighted by Crippen LogP contribution is -2.26.